The van der Waals surface area contributed by atoms with Crippen molar-refractivity contribution in [2.45, 2.75) is 25.4 Å². The molecule has 0 bridgehead atoms. The third-order valence-electron chi connectivity index (χ3n) is 4.15. The van der Waals surface area contributed by atoms with Gasteiger partial charge in [0.2, 0.25) is 5.91 Å². The molecule has 5 nitrogen and oxygen atoms in total. The maximum Gasteiger partial charge on any atom is 0.224 e. The van der Waals surface area contributed by atoms with E-state index in [0.717, 1.165) is 11.3 Å². The van der Waals surface area contributed by atoms with Gasteiger partial charge in [-0.15, -0.1) is 0 Å². The highest BCUT2D eigenvalue weighted by Gasteiger charge is 2.23. The Morgan fingerprint density at radius 3 is 2.58 bits per heavy atom. The predicted octanol–water partition coefficient (Wildman–Crippen LogP) is 4.03. The number of hydrogen-bond donors (Lipinski definition) is 1. The Morgan fingerprint density at radius 1 is 1.15 bits per heavy atom. The first-order chi connectivity index (χ1) is 12.6. The maximum absolute atomic E-state index is 12.1. The quantitative estimate of drug-likeness (QED) is 0.853. The SMILES string of the molecule is COc1ccc(NC(=O)CCC2=CC(=O)C[C@H](c3ccccc3)O2)cc1. The molecular weight excluding hydrogens is 330 g/mol. The lowest BCUT2D eigenvalue weighted by atomic mass is 10.0. The third-order valence-corrected chi connectivity index (χ3v) is 4.15. The number of rotatable bonds is 6. The van der Waals surface area contributed by atoms with Gasteiger partial charge in [0.15, 0.2) is 5.78 Å². The Kier molecular flexibility index (Phi) is 5.69. The second-order valence-electron chi connectivity index (χ2n) is 6.07. The minimum Gasteiger partial charge on any atom is -0.497 e. The van der Waals surface area contributed by atoms with Gasteiger partial charge in [-0.2, -0.15) is 0 Å². The van der Waals surface area contributed by atoms with E-state index in [2.05, 4.69) is 5.32 Å². The molecule has 1 aliphatic heterocycles. The maximum atomic E-state index is 12.1. The summed E-state index contributed by atoms with van der Waals surface area (Å²) in [5, 5.41) is 2.82. The van der Waals surface area contributed by atoms with E-state index in [1.54, 1.807) is 31.4 Å². The summed E-state index contributed by atoms with van der Waals surface area (Å²) in [6, 6.07) is 16.8. The molecule has 26 heavy (non-hydrogen) atoms. The first kappa shape index (κ1) is 17.7. The number of nitrogens with one attached hydrogen (secondary N) is 1. The molecule has 2 aromatic rings. The zero-order valence-corrected chi connectivity index (χ0v) is 14.6. The van der Waals surface area contributed by atoms with Crippen LogP contribution in [0.3, 0.4) is 0 Å². The molecule has 0 radical (unpaired) electrons. The molecule has 0 saturated carbocycles. The van der Waals surface area contributed by atoms with Crippen LogP contribution in [-0.4, -0.2) is 18.8 Å². The normalized spacial score (nSPS) is 16.4. The summed E-state index contributed by atoms with van der Waals surface area (Å²) in [6.07, 6.45) is 2.17. The number of carbonyl (C=O) groups excluding carboxylic acids is 2. The standard InChI is InChI=1S/C21H21NO4/c1-25-18-9-7-16(8-10-18)22-21(24)12-11-19-13-17(23)14-20(26-19)15-5-3-2-4-6-15/h2-10,13,20H,11-12,14H2,1H3,(H,22,24)/t20-/m1/s1. The zero-order valence-electron chi connectivity index (χ0n) is 14.6. The van der Waals surface area contributed by atoms with Gasteiger partial charge >= 0.3 is 0 Å². The van der Waals surface area contributed by atoms with Gasteiger partial charge in [-0.3, -0.25) is 9.59 Å². The van der Waals surface area contributed by atoms with Crippen molar-refractivity contribution in [1.29, 1.82) is 0 Å². The van der Waals surface area contributed by atoms with Gasteiger partial charge in [0.25, 0.3) is 0 Å². The highest BCUT2D eigenvalue weighted by Crippen LogP contribution is 2.30. The van der Waals surface area contributed by atoms with Crippen LogP contribution in [0.5, 0.6) is 5.75 Å². The summed E-state index contributed by atoms with van der Waals surface area (Å²) in [6.45, 7) is 0. The Balaban J connectivity index is 1.54. The fourth-order valence-corrected chi connectivity index (χ4v) is 2.80. The molecular formula is C21H21NO4. The van der Waals surface area contributed by atoms with E-state index in [4.69, 9.17) is 9.47 Å². The van der Waals surface area contributed by atoms with Crippen LogP contribution in [0.15, 0.2) is 66.4 Å². The molecule has 0 spiro atoms. The van der Waals surface area contributed by atoms with E-state index in [-0.39, 0.29) is 24.2 Å². The van der Waals surface area contributed by atoms with Crippen LogP contribution >= 0.6 is 0 Å². The van der Waals surface area contributed by atoms with Crippen LogP contribution in [0.25, 0.3) is 0 Å². The topological polar surface area (TPSA) is 64.6 Å². The summed E-state index contributed by atoms with van der Waals surface area (Å²) >= 11 is 0. The van der Waals surface area contributed by atoms with Gasteiger partial charge in [0.05, 0.1) is 13.5 Å². The first-order valence-corrected chi connectivity index (χ1v) is 8.53. The lowest BCUT2D eigenvalue weighted by molar-refractivity contribution is -0.120. The molecule has 0 saturated heterocycles. The van der Waals surface area contributed by atoms with E-state index in [9.17, 15) is 9.59 Å². The Morgan fingerprint density at radius 2 is 1.88 bits per heavy atom. The minimum atomic E-state index is -0.284. The minimum absolute atomic E-state index is 0.0238. The Labute approximate surface area is 152 Å². The van der Waals surface area contributed by atoms with E-state index in [1.807, 2.05) is 30.3 Å². The third kappa shape index (κ3) is 4.72. The average Bonchev–Trinajstić information content (AvgIpc) is 2.67. The van der Waals surface area contributed by atoms with Crippen molar-refractivity contribution < 1.29 is 19.1 Å². The number of methoxy groups -OCH3 is 1. The molecule has 1 atom stereocenters. The van der Waals surface area contributed by atoms with Crippen molar-refractivity contribution in [3.63, 3.8) is 0 Å². The van der Waals surface area contributed by atoms with E-state index in [1.165, 1.54) is 6.08 Å². The molecule has 0 unspecified atom stereocenters. The molecule has 3 rings (SSSR count). The van der Waals surface area contributed by atoms with Crippen LogP contribution in [0.2, 0.25) is 0 Å². The number of anilines is 1. The summed E-state index contributed by atoms with van der Waals surface area (Å²) in [5.74, 6) is 1.18. The van der Waals surface area contributed by atoms with Crippen LogP contribution in [0.4, 0.5) is 5.69 Å². The average molecular weight is 351 g/mol. The van der Waals surface area contributed by atoms with Gasteiger partial charge in [-0.1, -0.05) is 30.3 Å². The molecule has 134 valence electrons. The summed E-state index contributed by atoms with van der Waals surface area (Å²) in [5.41, 5.74) is 1.67. The molecule has 0 aromatic heterocycles. The number of ether oxygens (including phenoxy) is 2. The second-order valence-corrected chi connectivity index (χ2v) is 6.07. The van der Waals surface area contributed by atoms with Crippen molar-refractivity contribution in [2.24, 2.45) is 0 Å². The molecule has 0 aliphatic carbocycles. The van der Waals surface area contributed by atoms with Crippen LogP contribution in [-0.2, 0) is 14.3 Å². The van der Waals surface area contributed by atoms with Gasteiger partial charge in [0, 0.05) is 24.6 Å². The number of allylic oxidation sites excluding steroid dienone is 2. The molecule has 0 fully saturated rings. The second kappa shape index (κ2) is 8.34. The first-order valence-electron chi connectivity index (χ1n) is 8.53. The van der Waals surface area contributed by atoms with Gasteiger partial charge in [-0.05, 0) is 29.8 Å². The zero-order chi connectivity index (χ0) is 18.4. The summed E-state index contributed by atoms with van der Waals surface area (Å²) in [7, 11) is 1.59. The molecule has 1 heterocycles. The Bertz CT molecular complexity index is 797. The van der Waals surface area contributed by atoms with Gasteiger partial charge in [-0.25, -0.2) is 0 Å². The molecule has 1 aliphatic rings. The molecule has 1 amide bonds. The van der Waals surface area contributed by atoms with Gasteiger partial charge in [0.1, 0.15) is 17.6 Å². The number of hydrogen-bond acceptors (Lipinski definition) is 4. The van der Waals surface area contributed by atoms with E-state index < -0.39 is 0 Å². The summed E-state index contributed by atoms with van der Waals surface area (Å²) in [4.78, 5) is 24.1. The number of amides is 1. The van der Waals surface area contributed by atoms with Crippen molar-refractivity contribution in [3.8, 4) is 5.75 Å². The van der Waals surface area contributed by atoms with Crippen molar-refractivity contribution in [3.05, 3.63) is 72.0 Å². The summed E-state index contributed by atoms with van der Waals surface area (Å²) < 4.78 is 11.0. The number of ketones is 1. The number of carbonyl (C=O) groups is 2. The van der Waals surface area contributed by atoms with Gasteiger partial charge < -0.3 is 14.8 Å². The molecule has 2 aromatic carbocycles. The number of benzene rings is 2. The fourth-order valence-electron chi connectivity index (χ4n) is 2.80. The molecule has 1 N–H and O–H groups in total. The monoisotopic (exact) mass is 351 g/mol. The fraction of sp³-hybridized carbons (Fsp3) is 0.238. The smallest absolute Gasteiger partial charge is 0.224 e. The largest absolute Gasteiger partial charge is 0.497 e. The van der Waals surface area contributed by atoms with Crippen LogP contribution in [0.1, 0.15) is 30.9 Å². The Hall–Kier alpha value is -3.08. The lowest BCUT2D eigenvalue weighted by Crippen LogP contribution is -2.17. The van der Waals surface area contributed by atoms with Crippen LogP contribution < -0.4 is 10.1 Å². The highest BCUT2D eigenvalue weighted by atomic mass is 16.5. The van der Waals surface area contributed by atoms with Crippen molar-refractivity contribution in [2.75, 3.05) is 12.4 Å². The lowest BCUT2D eigenvalue weighted by Gasteiger charge is -2.24. The van der Waals surface area contributed by atoms with Crippen LogP contribution in [0, 0.1) is 0 Å². The van der Waals surface area contributed by atoms with E-state index >= 15 is 0 Å². The molecule has 5 heteroatoms. The van der Waals surface area contributed by atoms with E-state index in [0.29, 0.717) is 24.3 Å². The van der Waals surface area contributed by atoms with Crippen molar-refractivity contribution in [1.82, 2.24) is 0 Å². The highest BCUT2D eigenvalue weighted by molar-refractivity contribution is 5.92. The predicted molar refractivity (Wildman–Crippen MR) is 98.8 cm³/mol. The van der Waals surface area contributed by atoms with Crippen molar-refractivity contribution >= 4 is 17.4 Å².